The largest absolute Gasteiger partial charge is 0.391 e. The van der Waals surface area contributed by atoms with Crippen molar-refractivity contribution in [3.63, 3.8) is 0 Å². The first-order valence-electron chi connectivity index (χ1n) is 7.81. The minimum absolute atomic E-state index is 0.0920. The second kappa shape index (κ2) is 4.18. The van der Waals surface area contributed by atoms with Crippen molar-refractivity contribution >= 4 is 10.0 Å². The van der Waals surface area contributed by atoms with Crippen LogP contribution in [-0.4, -0.2) is 41.3 Å². The van der Waals surface area contributed by atoms with Crippen molar-refractivity contribution in [2.75, 3.05) is 0 Å². The van der Waals surface area contributed by atoms with Crippen LogP contribution in [0.3, 0.4) is 0 Å². The van der Waals surface area contributed by atoms with Crippen molar-refractivity contribution in [1.29, 1.82) is 0 Å². The fourth-order valence-electron chi connectivity index (χ4n) is 5.21. The molecule has 0 spiro atoms. The van der Waals surface area contributed by atoms with Crippen LogP contribution in [0, 0.1) is 11.8 Å². The first-order chi connectivity index (χ1) is 9.10. The predicted octanol–water partition coefficient (Wildman–Crippen LogP) is 1.49. The van der Waals surface area contributed by atoms with Crippen molar-refractivity contribution in [2.24, 2.45) is 11.8 Å². The van der Waals surface area contributed by atoms with E-state index < -0.39 is 16.1 Å². The van der Waals surface area contributed by atoms with Crippen LogP contribution >= 0.6 is 0 Å². The summed E-state index contributed by atoms with van der Waals surface area (Å²) in [6.07, 6.45) is 7.80. The molecule has 5 fully saturated rings. The van der Waals surface area contributed by atoms with Gasteiger partial charge in [0.25, 0.3) is 0 Å². The second-order valence-electron chi connectivity index (χ2n) is 6.92. The Bertz CT molecular complexity index is 471. The highest BCUT2D eigenvalue weighted by atomic mass is 32.2. The summed E-state index contributed by atoms with van der Waals surface area (Å²) in [5.41, 5.74) is 0. The number of sulfonamides is 1. The quantitative estimate of drug-likeness (QED) is 0.794. The van der Waals surface area contributed by atoms with E-state index in [0.717, 1.165) is 38.5 Å². The number of aliphatic hydroxyl groups excluding tert-OH is 1. The van der Waals surface area contributed by atoms with Gasteiger partial charge < -0.3 is 5.11 Å². The van der Waals surface area contributed by atoms with Crippen LogP contribution in [0.1, 0.15) is 51.4 Å². The highest BCUT2D eigenvalue weighted by molar-refractivity contribution is 7.90. The van der Waals surface area contributed by atoms with Gasteiger partial charge in [-0.15, -0.1) is 0 Å². The van der Waals surface area contributed by atoms with E-state index in [1.165, 1.54) is 6.42 Å². The molecule has 4 nitrogen and oxygen atoms in total. The van der Waals surface area contributed by atoms with Gasteiger partial charge in [0.05, 0.1) is 17.4 Å². The zero-order chi connectivity index (χ0) is 13.2. The van der Waals surface area contributed by atoms with Gasteiger partial charge in [0.2, 0.25) is 10.0 Å². The van der Waals surface area contributed by atoms with Gasteiger partial charge in [-0.2, -0.15) is 4.31 Å². The number of aliphatic hydroxyl groups is 1. The Morgan fingerprint density at radius 3 is 2.47 bits per heavy atom. The minimum atomic E-state index is -3.15. The Morgan fingerprint density at radius 1 is 1.00 bits per heavy atom. The van der Waals surface area contributed by atoms with Gasteiger partial charge in [0.15, 0.2) is 0 Å². The second-order valence-corrected chi connectivity index (χ2v) is 8.98. The van der Waals surface area contributed by atoms with Gasteiger partial charge in [-0.05, 0) is 43.9 Å². The summed E-state index contributed by atoms with van der Waals surface area (Å²) in [5.74, 6) is 0.426. The molecule has 5 atom stereocenters. The van der Waals surface area contributed by atoms with Crippen molar-refractivity contribution in [3.8, 4) is 0 Å². The van der Waals surface area contributed by atoms with E-state index in [0.29, 0.717) is 6.42 Å². The Balaban J connectivity index is 1.73. The Labute approximate surface area is 115 Å². The minimum Gasteiger partial charge on any atom is -0.391 e. The number of hydrogen-bond donors (Lipinski definition) is 1. The van der Waals surface area contributed by atoms with Crippen LogP contribution in [0.25, 0.3) is 0 Å². The summed E-state index contributed by atoms with van der Waals surface area (Å²) in [6, 6.07) is 0.0772. The van der Waals surface area contributed by atoms with E-state index in [9.17, 15) is 13.5 Å². The summed E-state index contributed by atoms with van der Waals surface area (Å²) in [4.78, 5) is 0. The standard InChI is InChI=1S/C14H23NO3S/c16-14-9-6-7-11-12(8-9)19(17,18)15(13(11)14)10-4-2-1-3-5-10/h9-14,16H,1-8H2. The van der Waals surface area contributed by atoms with Crippen LogP contribution in [0.4, 0.5) is 0 Å². The summed E-state index contributed by atoms with van der Waals surface area (Å²) in [7, 11) is -3.15. The molecule has 4 saturated carbocycles. The molecule has 19 heavy (non-hydrogen) atoms. The summed E-state index contributed by atoms with van der Waals surface area (Å²) in [6.45, 7) is 0. The maximum absolute atomic E-state index is 12.8. The highest BCUT2D eigenvalue weighted by Crippen LogP contribution is 2.54. The van der Waals surface area contributed by atoms with Crippen LogP contribution in [0.2, 0.25) is 0 Å². The Morgan fingerprint density at radius 2 is 1.74 bits per heavy atom. The van der Waals surface area contributed by atoms with E-state index >= 15 is 0 Å². The highest BCUT2D eigenvalue weighted by Gasteiger charge is 2.64. The molecular weight excluding hydrogens is 262 g/mol. The molecule has 4 bridgehead atoms. The molecule has 1 aliphatic heterocycles. The topological polar surface area (TPSA) is 57.6 Å². The normalized spacial score (nSPS) is 49.6. The third-order valence-electron chi connectivity index (χ3n) is 6.06. The zero-order valence-corrected chi connectivity index (χ0v) is 12.1. The van der Waals surface area contributed by atoms with Crippen LogP contribution in [-0.2, 0) is 10.0 Å². The molecule has 108 valence electrons. The fraction of sp³-hybridized carbons (Fsp3) is 1.00. The lowest BCUT2D eigenvalue weighted by molar-refractivity contribution is -0.0487. The van der Waals surface area contributed by atoms with Gasteiger partial charge >= 0.3 is 0 Å². The molecule has 0 aromatic rings. The lowest BCUT2D eigenvalue weighted by atomic mass is 9.65. The maximum atomic E-state index is 12.8. The van der Waals surface area contributed by atoms with Crippen molar-refractivity contribution < 1.29 is 13.5 Å². The van der Waals surface area contributed by atoms with Crippen molar-refractivity contribution in [3.05, 3.63) is 0 Å². The number of hydrogen-bond acceptors (Lipinski definition) is 3. The molecule has 1 saturated heterocycles. The predicted molar refractivity (Wildman–Crippen MR) is 72.0 cm³/mol. The molecule has 5 unspecified atom stereocenters. The number of rotatable bonds is 1. The van der Waals surface area contributed by atoms with Gasteiger partial charge in [-0.1, -0.05) is 19.3 Å². The first kappa shape index (κ1) is 12.6. The van der Waals surface area contributed by atoms with Gasteiger partial charge in [0, 0.05) is 6.04 Å². The first-order valence-corrected chi connectivity index (χ1v) is 9.31. The van der Waals surface area contributed by atoms with Crippen LogP contribution in [0.5, 0.6) is 0 Å². The SMILES string of the molecule is O=S1(=O)C2CC3CCC2C(C3O)N1C1CCCCC1. The van der Waals surface area contributed by atoms with Gasteiger partial charge in [-0.3, -0.25) is 0 Å². The average Bonchev–Trinajstić information content (AvgIpc) is 2.62. The summed E-state index contributed by atoms with van der Waals surface area (Å²) in [5, 5.41) is 10.3. The third-order valence-corrected chi connectivity index (χ3v) is 8.50. The Hall–Kier alpha value is -0.130. The molecule has 0 aromatic heterocycles. The smallest absolute Gasteiger partial charge is 0.217 e. The molecule has 0 radical (unpaired) electrons. The van der Waals surface area contributed by atoms with E-state index in [1.54, 1.807) is 4.31 Å². The molecule has 1 N–H and O–H groups in total. The molecule has 5 heteroatoms. The summed E-state index contributed by atoms with van der Waals surface area (Å²) >= 11 is 0. The monoisotopic (exact) mass is 285 g/mol. The lowest BCUT2D eigenvalue weighted by Crippen LogP contribution is -2.55. The summed E-state index contributed by atoms with van der Waals surface area (Å²) < 4.78 is 27.4. The molecule has 0 amide bonds. The Kier molecular flexibility index (Phi) is 2.77. The molecule has 4 aliphatic carbocycles. The van der Waals surface area contributed by atoms with E-state index in [2.05, 4.69) is 0 Å². The van der Waals surface area contributed by atoms with Crippen molar-refractivity contribution in [2.45, 2.75) is 74.8 Å². The van der Waals surface area contributed by atoms with Crippen LogP contribution < -0.4 is 0 Å². The fourth-order valence-corrected chi connectivity index (χ4v) is 8.00. The molecular formula is C14H23NO3S. The molecule has 5 aliphatic rings. The lowest BCUT2D eigenvalue weighted by Gasteiger charge is -2.45. The van der Waals surface area contributed by atoms with Gasteiger partial charge in [-0.25, -0.2) is 8.42 Å². The zero-order valence-electron chi connectivity index (χ0n) is 11.2. The van der Waals surface area contributed by atoms with Gasteiger partial charge in [0.1, 0.15) is 0 Å². The van der Waals surface area contributed by atoms with E-state index in [1.807, 2.05) is 0 Å². The van der Waals surface area contributed by atoms with E-state index in [4.69, 9.17) is 0 Å². The number of nitrogens with zero attached hydrogens (tertiary/aromatic N) is 1. The third kappa shape index (κ3) is 1.61. The molecule has 5 rings (SSSR count). The van der Waals surface area contributed by atoms with Crippen LogP contribution in [0.15, 0.2) is 0 Å². The van der Waals surface area contributed by atoms with E-state index in [-0.39, 0.29) is 29.2 Å². The maximum Gasteiger partial charge on any atom is 0.217 e. The average molecular weight is 285 g/mol. The molecule has 0 aromatic carbocycles. The van der Waals surface area contributed by atoms with Crippen molar-refractivity contribution in [1.82, 2.24) is 4.31 Å². The molecule has 1 heterocycles. The number of fused-ring (bicyclic) bond motifs is 1.